The summed E-state index contributed by atoms with van der Waals surface area (Å²) < 4.78 is 15.2. The Bertz CT molecular complexity index is 1290. The van der Waals surface area contributed by atoms with Crippen molar-refractivity contribution in [1.29, 1.82) is 0 Å². The van der Waals surface area contributed by atoms with E-state index >= 15 is 0 Å². The van der Waals surface area contributed by atoms with Crippen LogP contribution >= 0.6 is 11.3 Å². The molecule has 0 radical (unpaired) electrons. The number of fused-ring (bicyclic) bond motifs is 2. The fourth-order valence-corrected chi connectivity index (χ4v) is 4.62. The van der Waals surface area contributed by atoms with E-state index in [9.17, 15) is 14.0 Å². The van der Waals surface area contributed by atoms with Gasteiger partial charge in [-0.2, -0.15) is 0 Å². The first kappa shape index (κ1) is 16.9. The van der Waals surface area contributed by atoms with E-state index in [4.69, 9.17) is 0 Å². The molecule has 140 valence electrons. The highest BCUT2D eigenvalue weighted by molar-refractivity contribution is 7.07. The van der Waals surface area contributed by atoms with Crippen molar-refractivity contribution in [3.05, 3.63) is 79.6 Å². The predicted octanol–water partition coefficient (Wildman–Crippen LogP) is 1.28. The smallest absolute Gasteiger partial charge is 0.272 e. The van der Waals surface area contributed by atoms with Crippen LogP contribution in [0.1, 0.15) is 5.56 Å². The molecule has 1 amide bonds. The Morgan fingerprint density at radius 2 is 1.82 bits per heavy atom. The van der Waals surface area contributed by atoms with Crippen molar-refractivity contribution in [1.82, 2.24) is 4.57 Å². The van der Waals surface area contributed by atoms with Crippen LogP contribution in [0.5, 0.6) is 0 Å². The van der Waals surface area contributed by atoms with E-state index in [0.29, 0.717) is 28.2 Å². The Morgan fingerprint density at radius 3 is 2.61 bits per heavy atom. The van der Waals surface area contributed by atoms with Crippen LogP contribution < -0.4 is 24.7 Å². The molecule has 0 N–H and O–H groups in total. The Balaban J connectivity index is 1.66. The Kier molecular flexibility index (Phi) is 3.70. The van der Waals surface area contributed by atoms with Gasteiger partial charge in [-0.15, -0.1) is 0 Å². The molecule has 8 heteroatoms. The van der Waals surface area contributed by atoms with Gasteiger partial charge in [0.1, 0.15) is 23.7 Å². The van der Waals surface area contributed by atoms with E-state index in [-0.39, 0.29) is 17.3 Å². The molecule has 0 atom stereocenters. The summed E-state index contributed by atoms with van der Waals surface area (Å²) in [6, 6.07) is 13.5. The van der Waals surface area contributed by atoms with Gasteiger partial charge in [-0.1, -0.05) is 29.5 Å². The molecule has 6 nitrogen and oxygen atoms in total. The fourth-order valence-electron chi connectivity index (χ4n) is 3.57. The van der Waals surface area contributed by atoms with Crippen molar-refractivity contribution >= 4 is 34.2 Å². The van der Waals surface area contributed by atoms with Gasteiger partial charge in [-0.3, -0.25) is 14.2 Å². The van der Waals surface area contributed by atoms with Crippen molar-refractivity contribution in [3.63, 3.8) is 0 Å². The van der Waals surface area contributed by atoms with Crippen LogP contribution in [0.2, 0.25) is 0 Å². The van der Waals surface area contributed by atoms with Crippen LogP contribution in [0.25, 0.3) is 5.57 Å². The normalized spacial score (nSPS) is 17.4. The number of thiazole rings is 1. The molecule has 2 aliphatic heterocycles. The average Bonchev–Trinajstić information content (AvgIpc) is 3.16. The highest BCUT2D eigenvalue weighted by atomic mass is 32.1. The minimum absolute atomic E-state index is 0.187. The fraction of sp³-hybridized carbons (Fsp3) is 0.150. The molecule has 28 heavy (non-hydrogen) atoms. The van der Waals surface area contributed by atoms with Crippen molar-refractivity contribution < 1.29 is 9.18 Å². The molecular weight excluding hydrogens is 379 g/mol. The van der Waals surface area contributed by atoms with Crippen LogP contribution in [-0.4, -0.2) is 24.2 Å². The largest absolute Gasteiger partial charge is 0.334 e. The number of aromatic nitrogens is 1. The molecule has 0 fully saturated rings. The van der Waals surface area contributed by atoms with Crippen molar-refractivity contribution in [2.45, 2.75) is 6.67 Å². The Labute approximate surface area is 163 Å². The molecule has 0 aliphatic carbocycles. The highest BCUT2D eigenvalue weighted by Gasteiger charge is 2.32. The second-order valence-electron chi connectivity index (χ2n) is 6.66. The maximum absolute atomic E-state index is 13.2. The molecule has 1 aromatic heterocycles. The van der Waals surface area contributed by atoms with Crippen LogP contribution in [0.3, 0.4) is 0 Å². The number of hydrogen-bond donors (Lipinski definition) is 0. The monoisotopic (exact) mass is 394 g/mol. The number of carbonyl (C=O) groups is 1. The standard InChI is InChI=1S/C20H15FN4O2S/c1-23-15-5-3-2-4-14(15)16(18(23)26)17-19(27)25-11-24(10-22-20(25)28-17)13-8-6-12(21)7-9-13/h2-9H,10-11H2,1H3/b17-16+. The zero-order chi connectivity index (χ0) is 19.4. The zero-order valence-corrected chi connectivity index (χ0v) is 15.7. The molecule has 3 heterocycles. The van der Waals surface area contributed by atoms with E-state index in [1.165, 1.54) is 23.5 Å². The SMILES string of the molecule is CN1C(=O)/C(=c2/sc3n(c2=O)CN(c2ccc(F)cc2)CN=3)c2ccccc21. The van der Waals surface area contributed by atoms with Gasteiger partial charge in [0, 0.05) is 18.3 Å². The first-order chi connectivity index (χ1) is 13.5. The zero-order valence-electron chi connectivity index (χ0n) is 14.9. The van der Waals surface area contributed by atoms with E-state index in [1.54, 1.807) is 28.6 Å². The van der Waals surface area contributed by atoms with Gasteiger partial charge in [-0.25, -0.2) is 9.38 Å². The molecule has 3 aromatic rings. The molecular formula is C20H15FN4O2S. The third kappa shape index (κ3) is 2.41. The summed E-state index contributed by atoms with van der Waals surface area (Å²) in [4.78, 5) is 34.5. The molecule has 0 spiro atoms. The van der Waals surface area contributed by atoms with Gasteiger partial charge in [0.05, 0.1) is 11.3 Å². The van der Waals surface area contributed by atoms with Gasteiger partial charge in [0.15, 0.2) is 4.80 Å². The average molecular weight is 394 g/mol. The van der Waals surface area contributed by atoms with E-state index in [1.807, 2.05) is 29.2 Å². The van der Waals surface area contributed by atoms with Crippen molar-refractivity contribution in [2.75, 3.05) is 23.5 Å². The maximum atomic E-state index is 13.2. The summed E-state index contributed by atoms with van der Waals surface area (Å²) in [5.41, 5.74) is 2.54. The van der Waals surface area contributed by atoms with Gasteiger partial charge >= 0.3 is 0 Å². The van der Waals surface area contributed by atoms with Crippen LogP contribution in [0.4, 0.5) is 15.8 Å². The van der Waals surface area contributed by atoms with Crippen LogP contribution in [-0.2, 0) is 11.5 Å². The lowest BCUT2D eigenvalue weighted by Crippen LogP contribution is -2.43. The minimum Gasteiger partial charge on any atom is -0.334 e. The van der Waals surface area contributed by atoms with Crippen molar-refractivity contribution in [3.8, 4) is 0 Å². The molecule has 0 bridgehead atoms. The number of rotatable bonds is 1. The predicted molar refractivity (Wildman–Crippen MR) is 105 cm³/mol. The number of amides is 1. The van der Waals surface area contributed by atoms with E-state index in [2.05, 4.69) is 4.99 Å². The maximum Gasteiger partial charge on any atom is 0.272 e. The third-order valence-corrected chi connectivity index (χ3v) is 6.14. The number of carbonyl (C=O) groups excluding carboxylic acids is 1. The summed E-state index contributed by atoms with van der Waals surface area (Å²) in [5.74, 6) is -0.500. The summed E-state index contributed by atoms with van der Waals surface area (Å²) in [6.07, 6.45) is 0. The van der Waals surface area contributed by atoms with Gasteiger partial charge < -0.3 is 9.80 Å². The van der Waals surface area contributed by atoms with Crippen LogP contribution in [0, 0.1) is 5.82 Å². The van der Waals surface area contributed by atoms with E-state index < -0.39 is 0 Å². The highest BCUT2D eigenvalue weighted by Crippen LogP contribution is 2.33. The number of hydrogen-bond acceptors (Lipinski definition) is 5. The second-order valence-corrected chi connectivity index (χ2v) is 7.64. The van der Waals surface area contributed by atoms with Gasteiger partial charge in [0.25, 0.3) is 11.5 Å². The van der Waals surface area contributed by atoms with E-state index in [0.717, 1.165) is 16.9 Å². The molecule has 2 aliphatic rings. The number of benzene rings is 2. The van der Waals surface area contributed by atoms with Gasteiger partial charge in [0.2, 0.25) is 0 Å². The molecule has 2 aromatic carbocycles. The lowest BCUT2D eigenvalue weighted by Gasteiger charge is -2.25. The molecule has 5 rings (SSSR count). The number of para-hydroxylation sites is 1. The number of nitrogens with zero attached hydrogens (tertiary/aromatic N) is 4. The second kappa shape index (κ2) is 6.13. The first-order valence-corrected chi connectivity index (χ1v) is 9.52. The summed E-state index contributed by atoms with van der Waals surface area (Å²) >= 11 is 1.24. The third-order valence-electron chi connectivity index (χ3n) is 5.02. The summed E-state index contributed by atoms with van der Waals surface area (Å²) in [7, 11) is 1.71. The number of halogens is 1. The lowest BCUT2D eigenvalue weighted by molar-refractivity contribution is -0.112. The lowest BCUT2D eigenvalue weighted by atomic mass is 10.1. The van der Waals surface area contributed by atoms with Crippen molar-refractivity contribution in [2.24, 2.45) is 4.99 Å². The molecule has 0 saturated heterocycles. The summed E-state index contributed by atoms with van der Waals surface area (Å²) in [6.45, 7) is 0.670. The number of anilines is 2. The first-order valence-electron chi connectivity index (χ1n) is 8.71. The Hall–Kier alpha value is -3.26. The molecule has 0 saturated carbocycles. The summed E-state index contributed by atoms with van der Waals surface area (Å²) in [5, 5.41) is 0. The molecule has 0 unspecified atom stereocenters. The van der Waals surface area contributed by atoms with Gasteiger partial charge in [-0.05, 0) is 30.3 Å². The quantitative estimate of drug-likeness (QED) is 0.625. The topological polar surface area (TPSA) is 57.9 Å². The number of likely N-dealkylation sites (N-methyl/N-ethyl adjacent to an activating group) is 1. The van der Waals surface area contributed by atoms with Crippen LogP contribution in [0.15, 0.2) is 58.3 Å². The minimum atomic E-state index is -0.313. The Morgan fingerprint density at radius 1 is 1.07 bits per heavy atom.